The number of nitrogens with one attached hydrogen (secondary N) is 1. The molecule has 1 N–H and O–H groups in total. The maximum atomic E-state index is 12.7. The summed E-state index contributed by atoms with van der Waals surface area (Å²) in [4.78, 5) is 26.9. The van der Waals surface area contributed by atoms with Gasteiger partial charge in [0.15, 0.2) is 0 Å². The van der Waals surface area contributed by atoms with Crippen LogP contribution in [0.3, 0.4) is 0 Å². The van der Waals surface area contributed by atoms with Crippen LogP contribution >= 0.6 is 0 Å². The molecule has 24 heavy (non-hydrogen) atoms. The number of rotatable bonds is 7. The third-order valence-corrected chi connectivity index (χ3v) is 3.84. The fourth-order valence-electron chi connectivity index (χ4n) is 2.69. The Morgan fingerprint density at radius 2 is 1.54 bits per heavy atom. The molecule has 0 radical (unpaired) electrons. The third kappa shape index (κ3) is 4.44. The minimum absolute atomic E-state index is 0.0426. The van der Waals surface area contributed by atoms with Gasteiger partial charge in [0.25, 0.3) is 0 Å². The molecule has 126 valence electrons. The zero-order valence-corrected chi connectivity index (χ0v) is 14.2. The van der Waals surface area contributed by atoms with Gasteiger partial charge in [0, 0.05) is 19.5 Å². The highest BCUT2D eigenvalue weighted by atomic mass is 16.2. The van der Waals surface area contributed by atoms with Crippen molar-refractivity contribution in [1.82, 2.24) is 10.2 Å². The predicted molar refractivity (Wildman–Crippen MR) is 95.1 cm³/mol. The summed E-state index contributed by atoms with van der Waals surface area (Å²) in [5, 5.41) is 2.86. The second kappa shape index (κ2) is 8.87. The third-order valence-electron chi connectivity index (χ3n) is 3.84. The summed E-state index contributed by atoms with van der Waals surface area (Å²) in [6, 6.07) is 18.6. The van der Waals surface area contributed by atoms with Crippen molar-refractivity contribution in [2.45, 2.75) is 32.9 Å². The molecule has 0 unspecified atom stereocenters. The molecule has 0 aliphatic rings. The molecule has 2 amide bonds. The molecule has 1 atom stereocenters. The maximum Gasteiger partial charge on any atom is 0.247 e. The SMILES string of the molecule is CCNC(=O)[C@@H](c1ccccc1)N(Cc1ccccc1)C(=O)CC. The van der Waals surface area contributed by atoms with Crippen molar-refractivity contribution in [3.63, 3.8) is 0 Å². The number of amides is 2. The van der Waals surface area contributed by atoms with Crippen molar-refractivity contribution in [2.24, 2.45) is 0 Å². The standard InChI is InChI=1S/C20H24N2O2/c1-3-18(23)22(15-16-11-7-5-8-12-16)19(20(24)21-4-2)17-13-9-6-10-14-17/h5-14,19H,3-4,15H2,1-2H3,(H,21,24)/t19-/m1/s1. The Hall–Kier alpha value is -2.62. The minimum Gasteiger partial charge on any atom is -0.354 e. The van der Waals surface area contributed by atoms with Crippen molar-refractivity contribution in [1.29, 1.82) is 0 Å². The highest BCUT2D eigenvalue weighted by Crippen LogP contribution is 2.24. The van der Waals surface area contributed by atoms with Crippen LogP contribution in [0.2, 0.25) is 0 Å². The zero-order valence-electron chi connectivity index (χ0n) is 14.2. The Labute approximate surface area is 143 Å². The quantitative estimate of drug-likeness (QED) is 0.849. The van der Waals surface area contributed by atoms with E-state index in [0.29, 0.717) is 19.5 Å². The molecular formula is C20H24N2O2. The lowest BCUT2D eigenvalue weighted by molar-refractivity contribution is -0.141. The molecule has 0 aliphatic carbocycles. The van der Waals surface area contributed by atoms with Gasteiger partial charge in [-0.05, 0) is 18.1 Å². The summed E-state index contributed by atoms with van der Waals surface area (Å²) in [5.74, 6) is -0.194. The van der Waals surface area contributed by atoms with E-state index >= 15 is 0 Å². The second-order valence-electron chi connectivity index (χ2n) is 5.57. The molecule has 2 aromatic rings. The van der Waals surface area contributed by atoms with Crippen LogP contribution < -0.4 is 5.32 Å². The van der Waals surface area contributed by atoms with Crippen LogP contribution in [-0.4, -0.2) is 23.3 Å². The Kier molecular flexibility index (Phi) is 6.55. The first kappa shape index (κ1) is 17.7. The van der Waals surface area contributed by atoms with Gasteiger partial charge in [-0.2, -0.15) is 0 Å². The van der Waals surface area contributed by atoms with E-state index in [4.69, 9.17) is 0 Å². The van der Waals surface area contributed by atoms with E-state index in [-0.39, 0.29) is 11.8 Å². The van der Waals surface area contributed by atoms with Crippen LogP contribution in [0.15, 0.2) is 60.7 Å². The smallest absolute Gasteiger partial charge is 0.247 e. The lowest BCUT2D eigenvalue weighted by atomic mass is 10.0. The molecule has 4 heteroatoms. The van der Waals surface area contributed by atoms with Crippen LogP contribution in [0.1, 0.15) is 37.4 Å². The normalized spacial score (nSPS) is 11.6. The van der Waals surface area contributed by atoms with Crippen LogP contribution in [0.25, 0.3) is 0 Å². The number of likely N-dealkylation sites (N-methyl/N-ethyl adjacent to an activating group) is 1. The van der Waals surface area contributed by atoms with Gasteiger partial charge in [0.05, 0.1) is 0 Å². The number of hydrogen-bond donors (Lipinski definition) is 1. The summed E-state index contributed by atoms with van der Waals surface area (Å²) in [6.07, 6.45) is 0.357. The summed E-state index contributed by atoms with van der Waals surface area (Å²) in [6.45, 7) is 4.63. The van der Waals surface area contributed by atoms with Crippen LogP contribution in [0.5, 0.6) is 0 Å². The van der Waals surface area contributed by atoms with Crippen LogP contribution in [0.4, 0.5) is 0 Å². The van der Waals surface area contributed by atoms with Crippen molar-refractivity contribution in [2.75, 3.05) is 6.54 Å². The molecule has 2 aromatic carbocycles. The van der Waals surface area contributed by atoms with Gasteiger partial charge < -0.3 is 10.2 Å². The highest BCUT2D eigenvalue weighted by Gasteiger charge is 2.30. The van der Waals surface area contributed by atoms with Crippen molar-refractivity contribution in [3.05, 3.63) is 71.8 Å². The Morgan fingerprint density at radius 1 is 0.958 bits per heavy atom. The maximum absolute atomic E-state index is 12.7. The van der Waals surface area contributed by atoms with Crippen LogP contribution in [-0.2, 0) is 16.1 Å². The van der Waals surface area contributed by atoms with E-state index in [1.54, 1.807) is 4.90 Å². The molecule has 0 saturated heterocycles. The summed E-state index contributed by atoms with van der Waals surface area (Å²) >= 11 is 0. The lowest BCUT2D eigenvalue weighted by Crippen LogP contribution is -2.43. The topological polar surface area (TPSA) is 49.4 Å². The van der Waals surface area contributed by atoms with E-state index < -0.39 is 6.04 Å². The van der Waals surface area contributed by atoms with Gasteiger partial charge in [-0.3, -0.25) is 9.59 Å². The summed E-state index contributed by atoms with van der Waals surface area (Å²) < 4.78 is 0. The average molecular weight is 324 g/mol. The van der Waals surface area contributed by atoms with Gasteiger partial charge in [0.1, 0.15) is 6.04 Å². The monoisotopic (exact) mass is 324 g/mol. The van der Waals surface area contributed by atoms with Crippen molar-refractivity contribution in [3.8, 4) is 0 Å². The average Bonchev–Trinajstić information content (AvgIpc) is 2.62. The molecule has 0 saturated carbocycles. The van der Waals surface area contributed by atoms with Crippen molar-refractivity contribution < 1.29 is 9.59 Å². The van der Waals surface area contributed by atoms with E-state index in [2.05, 4.69) is 5.32 Å². The molecule has 4 nitrogen and oxygen atoms in total. The number of benzene rings is 2. The number of nitrogens with zero attached hydrogens (tertiary/aromatic N) is 1. The number of carbonyl (C=O) groups is 2. The van der Waals surface area contributed by atoms with E-state index in [9.17, 15) is 9.59 Å². The summed E-state index contributed by atoms with van der Waals surface area (Å²) in [5.41, 5.74) is 1.82. The molecule has 0 aromatic heterocycles. The molecule has 0 bridgehead atoms. The molecule has 0 spiro atoms. The van der Waals surface area contributed by atoms with Gasteiger partial charge in [-0.1, -0.05) is 67.6 Å². The van der Waals surface area contributed by atoms with E-state index in [0.717, 1.165) is 11.1 Å². The van der Waals surface area contributed by atoms with E-state index in [1.807, 2.05) is 74.5 Å². The molecule has 0 aliphatic heterocycles. The molecule has 2 rings (SSSR count). The van der Waals surface area contributed by atoms with Crippen LogP contribution in [0, 0.1) is 0 Å². The fourth-order valence-corrected chi connectivity index (χ4v) is 2.69. The van der Waals surface area contributed by atoms with Crippen molar-refractivity contribution >= 4 is 11.8 Å². The van der Waals surface area contributed by atoms with E-state index in [1.165, 1.54) is 0 Å². The van der Waals surface area contributed by atoms with Gasteiger partial charge in [0.2, 0.25) is 11.8 Å². The molecular weight excluding hydrogens is 300 g/mol. The predicted octanol–water partition coefficient (Wildman–Crippen LogP) is 3.30. The largest absolute Gasteiger partial charge is 0.354 e. The summed E-state index contributed by atoms with van der Waals surface area (Å²) in [7, 11) is 0. The fraction of sp³-hybridized carbons (Fsp3) is 0.300. The van der Waals surface area contributed by atoms with Gasteiger partial charge >= 0.3 is 0 Å². The Bertz CT molecular complexity index is 656. The number of carbonyl (C=O) groups excluding carboxylic acids is 2. The zero-order chi connectivity index (χ0) is 17.4. The highest BCUT2D eigenvalue weighted by molar-refractivity contribution is 5.88. The first-order valence-corrected chi connectivity index (χ1v) is 8.33. The first-order valence-electron chi connectivity index (χ1n) is 8.33. The van der Waals surface area contributed by atoms with Gasteiger partial charge in [-0.15, -0.1) is 0 Å². The first-order chi connectivity index (χ1) is 11.7. The molecule has 0 heterocycles. The minimum atomic E-state index is -0.626. The lowest BCUT2D eigenvalue weighted by Gasteiger charge is -2.31. The Morgan fingerprint density at radius 3 is 2.08 bits per heavy atom. The second-order valence-corrected chi connectivity index (χ2v) is 5.57. The number of hydrogen-bond acceptors (Lipinski definition) is 2. The molecule has 0 fully saturated rings. The van der Waals surface area contributed by atoms with Gasteiger partial charge in [-0.25, -0.2) is 0 Å². The Balaban J connectivity index is 2.40.